The number of anilines is 2. The highest BCUT2D eigenvalue weighted by atomic mass is 35.5. The molecule has 6 amide bonds. The first-order valence-corrected chi connectivity index (χ1v) is 32.9. The molecule has 0 radical (unpaired) electrons. The van der Waals surface area contributed by atoms with Crippen molar-refractivity contribution in [3.05, 3.63) is 181 Å². The van der Waals surface area contributed by atoms with Crippen molar-refractivity contribution in [2.24, 2.45) is 10.2 Å². The fraction of sp³-hybridized carbons (Fsp3) is 0.357. The monoisotopic (exact) mass is 1370 g/mol. The van der Waals surface area contributed by atoms with Gasteiger partial charge in [0.1, 0.15) is 28.1 Å². The number of halogens is 3. The van der Waals surface area contributed by atoms with Crippen LogP contribution in [0.15, 0.2) is 126 Å². The lowest BCUT2D eigenvalue weighted by Crippen LogP contribution is -2.41. The zero-order valence-corrected chi connectivity index (χ0v) is 57.9. The summed E-state index contributed by atoms with van der Waals surface area (Å²) in [4.78, 5) is 80.6. The number of ether oxygens (including phenoxy) is 3. The van der Waals surface area contributed by atoms with Crippen LogP contribution in [-0.4, -0.2) is 102 Å². The molecule has 0 saturated heterocycles. The van der Waals surface area contributed by atoms with E-state index in [4.69, 9.17) is 49.0 Å². The predicted molar refractivity (Wildman–Crippen MR) is 372 cm³/mol. The molecule has 2 aliphatic heterocycles. The van der Waals surface area contributed by atoms with Crippen LogP contribution >= 0.6 is 34.8 Å². The van der Waals surface area contributed by atoms with Crippen molar-refractivity contribution in [2.75, 3.05) is 16.9 Å². The molecule has 3 aromatic heterocycles. The third-order valence-corrected chi connectivity index (χ3v) is 16.5. The lowest BCUT2D eigenvalue weighted by atomic mass is 10.1. The van der Waals surface area contributed by atoms with Crippen LogP contribution in [-0.2, 0) is 24.0 Å². The van der Waals surface area contributed by atoms with Crippen molar-refractivity contribution in [1.82, 2.24) is 51.0 Å². The van der Waals surface area contributed by atoms with Gasteiger partial charge in [0.05, 0.1) is 22.8 Å². The van der Waals surface area contributed by atoms with Gasteiger partial charge in [-0.2, -0.15) is 24.9 Å². The van der Waals surface area contributed by atoms with E-state index in [-0.39, 0.29) is 53.2 Å². The van der Waals surface area contributed by atoms with Crippen molar-refractivity contribution in [1.29, 1.82) is 0 Å². The number of fused-ring (bicyclic) bond motifs is 1. The molecule has 2 aliphatic rings. The Kier molecular flexibility index (Phi) is 25.4. The number of carbonyl (C=O) groups excluding carboxylic acids is 6. The number of aryl methyl sites for hydroxylation is 7. The highest BCUT2D eigenvalue weighted by molar-refractivity contribution is 6.37. The van der Waals surface area contributed by atoms with Crippen LogP contribution in [0, 0.1) is 48.5 Å². The number of aromatic amines is 1. The number of H-pyrrole nitrogens is 1. The number of amidine groups is 2. The van der Waals surface area contributed by atoms with Crippen molar-refractivity contribution in [3.63, 3.8) is 0 Å². The minimum atomic E-state index is -0.871. The second-order valence-electron chi connectivity index (χ2n) is 23.6. The molecule has 5 heterocycles. The van der Waals surface area contributed by atoms with Gasteiger partial charge in [0.15, 0.2) is 41.7 Å². The van der Waals surface area contributed by atoms with E-state index in [0.717, 1.165) is 59.4 Å². The Morgan fingerprint density at radius 2 is 1.36 bits per heavy atom. The Labute approximate surface area is 573 Å². The van der Waals surface area contributed by atoms with Gasteiger partial charge >= 0.3 is 0 Å². The Morgan fingerprint density at radius 3 is 2.00 bits per heavy atom. The van der Waals surface area contributed by atoms with Crippen LogP contribution in [0.25, 0.3) is 5.65 Å². The topological polar surface area (TPSA) is 282 Å². The third kappa shape index (κ3) is 19.1. The fourth-order valence-electron chi connectivity index (χ4n) is 10.4. The molecule has 10 rings (SSSR count). The van der Waals surface area contributed by atoms with Crippen molar-refractivity contribution in [2.45, 2.75) is 158 Å². The first-order chi connectivity index (χ1) is 45.9. The first-order valence-electron chi connectivity index (χ1n) is 31.8. The summed E-state index contributed by atoms with van der Waals surface area (Å²) in [6.45, 7) is 21.9. The normalized spacial score (nSPS) is 14.6. The van der Waals surface area contributed by atoms with E-state index in [1.54, 1.807) is 66.3 Å². The zero-order chi connectivity index (χ0) is 69.3. The molecule has 5 aromatic carbocycles. The minimum Gasteiger partial charge on any atom is -0.481 e. The maximum atomic E-state index is 13.0. The lowest BCUT2D eigenvalue weighted by molar-refractivity contribution is -0.128. The largest absolute Gasteiger partial charge is 0.481 e. The predicted octanol–water partition coefficient (Wildman–Crippen LogP) is 12.6. The second kappa shape index (κ2) is 33.7. The molecule has 0 bridgehead atoms. The van der Waals surface area contributed by atoms with Gasteiger partial charge in [-0.1, -0.05) is 135 Å². The molecular weight excluding hydrogens is 1290 g/mol. The van der Waals surface area contributed by atoms with Crippen molar-refractivity contribution >= 4 is 98.9 Å². The van der Waals surface area contributed by atoms with E-state index in [1.807, 2.05) is 111 Å². The maximum Gasteiger partial charge on any atom is 0.272 e. The summed E-state index contributed by atoms with van der Waals surface area (Å²) < 4.78 is 20.9. The third-order valence-electron chi connectivity index (χ3n) is 15.5. The van der Waals surface area contributed by atoms with Gasteiger partial charge in [0.2, 0.25) is 0 Å². The molecule has 0 fully saturated rings. The van der Waals surface area contributed by atoms with E-state index >= 15 is 0 Å². The summed E-state index contributed by atoms with van der Waals surface area (Å²) >= 11 is 18.5. The Hall–Kier alpha value is -9.58. The number of unbranched alkanes of at least 4 members (excludes halogenated alkanes) is 3. The Morgan fingerprint density at radius 1 is 0.698 bits per heavy atom. The number of carbonyl (C=O) groups is 6. The fourth-order valence-corrected chi connectivity index (χ4v) is 11.2. The summed E-state index contributed by atoms with van der Waals surface area (Å²) in [5.74, 6) is 1.01. The molecule has 0 saturated carbocycles. The number of aromatic nitrogens is 6. The van der Waals surface area contributed by atoms with Gasteiger partial charge in [-0.3, -0.25) is 38.5 Å². The smallest absolute Gasteiger partial charge is 0.272 e. The summed E-state index contributed by atoms with van der Waals surface area (Å²) in [6, 6.07) is 29.8. The number of nitrogens with one attached hydrogen (secondary N) is 6. The SMILES string of the molecule is CCC(Oc1ccc(C)cc1C)C(=O)Nc1cccc(C(=O)NC2=NNC(=O)C2n2cccn2)c1.CCC(Oc1cccc(C)c1)C(=O)NC1=NN(c2c(C)cc(Cl)cc2Cl)C(=O)C1.CCCCCCC(Oc1ccc(C)cc1C)C(=O)NCC(C)c1nc2c(Cl)c(C)[nH]n2n1. The van der Waals surface area contributed by atoms with Crippen LogP contribution < -0.4 is 45.9 Å². The standard InChI is InChI=1S/C25H26N6O4.C24H34ClN5O2.C21H21Cl2N3O3/c1-4-19(35-20-10-9-15(2)13-16(20)3)24(33)27-18-8-5-7-17(14-18)23(32)28-22-21(25(34)30-29-22)31-12-6-11-26-31;1-6-7-8-9-10-20(32-19-12-11-15(2)13-16(19)3)24(31)26-14-17(4)22-27-23-21(25)18(5)28-30(23)29-22;1-4-17(29-15-7-5-6-12(2)8-15)21(28)24-18-11-19(27)26(25-18)20-13(3)9-14(22)10-16(20)23/h5-14,19,21H,4H2,1-3H3,(H,27,33)(H,30,34)(H,28,29,32);11-13,17,20,28H,6-10,14H2,1-5H3,(H,26,31);5-10,17H,4,11H2,1-3H3,(H,24,25,28). The van der Waals surface area contributed by atoms with Gasteiger partial charge in [0.25, 0.3) is 35.4 Å². The molecule has 96 heavy (non-hydrogen) atoms. The highest BCUT2D eigenvalue weighted by Crippen LogP contribution is 2.35. The van der Waals surface area contributed by atoms with Crippen LogP contribution in [0.3, 0.4) is 0 Å². The van der Waals surface area contributed by atoms with Crippen molar-refractivity contribution < 1.29 is 43.0 Å². The summed E-state index contributed by atoms with van der Waals surface area (Å²) in [7, 11) is 0. The quantitative estimate of drug-likeness (QED) is 0.0326. The number of amides is 6. The van der Waals surface area contributed by atoms with E-state index in [0.29, 0.717) is 80.8 Å². The summed E-state index contributed by atoms with van der Waals surface area (Å²) in [6.07, 6.45) is 7.16. The number of hydrogen-bond donors (Lipinski definition) is 6. The van der Waals surface area contributed by atoms with Crippen molar-refractivity contribution in [3.8, 4) is 17.2 Å². The van der Waals surface area contributed by atoms with E-state index in [1.165, 1.54) is 21.5 Å². The van der Waals surface area contributed by atoms with E-state index in [2.05, 4.69) is 70.2 Å². The highest BCUT2D eigenvalue weighted by Gasteiger charge is 2.35. The number of rotatable bonds is 23. The van der Waals surface area contributed by atoms with Crippen LogP contribution in [0.1, 0.15) is 146 Å². The average Bonchev–Trinajstić information content (AvgIpc) is 1.65. The van der Waals surface area contributed by atoms with Gasteiger partial charge in [-0.25, -0.2) is 10.4 Å². The zero-order valence-electron chi connectivity index (χ0n) is 55.6. The molecule has 506 valence electrons. The minimum absolute atomic E-state index is 0.0367. The first kappa shape index (κ1) is 72.3. The molecule has 26 heteroatoms. The van der Waals surface area contributed by atoms with Crippen LogP contribution in [0.5, 0.6) is 17.2 Å². The number of benzene rings is 5. The van der Waals surface area contributed by atoms with Gasteiger partial charge in [0, 0.05) is 41.1 Å². The molecule has 0 spiro atoms. The van der Waals surface area contributed by atoms with Crippen LogP contribution in [0.4, 0.5) is 11.4 Å². The maximum absolute atomic E-state index is 13.0. The van der Waals surface area contributed by atoms with Gasteiger partial charge < -0.3 is 35.5 Å². The number of hydrazone groups is 2. The molecule has 6 N–H and O–H groups in total. The molecule has 23 nitrogen and oxygen atoms in total. The Balaban J connectivity index is 0.000000185. The van der Waals surface area contributed by atoms with Gasteiger partial charge in [-0.15, -0.1) is 5.10 Å². The van der Waals surface area contributed by atoms with Crippen LogP contribution in [0.2, 0.25) is 15.1 Å². The molecule has 8 aromatic rings. The van der Waals surface area contributed by atoms with Gasteiger partial charge in [-0.05, 0) is 157 Å². The molecule has 5 atom stereocenters. The lowest BCUT2D eigenvalue weighted by Gasteiger charge is -2.21. The second-order valence-corrected chi connectivity index (χ2v) is 24.8. The van der Waals surface area contributed by atoms with E-state index < -0.39 is 36.2 Å². The summed E-state index contributed by atoms with van der Waals surface area (Å²) in [5, 5.41) is 33.5. The average molecular weight is 1370 g/mol. The van der Waals surface area contributed by atoms with E-state index in [9.17, 15) is 28.8 Å². The molecule has 0 aliphatic carbocycles. The molecular formula is C70H81Cl3N14O9. The molecule has 5 unspecified atom stereocenters. The Bertz CT molecular complexity index is 4150. The number of nitrogens with zero attached hydrogens (tertiary/aromatic N) is 8. The summed E-state index contributed by atoms with van der Waals surface area (Å²) in [5.41, 5.74) is 11.0. The number of hydrogen-bond acceptors (Lipinski definition) is 14.